The van der Waals surface area contributed by atoms with Crippen molar-refractivity contribution >= 4 is 5.84 Å². The Hall–Kier alpha value is -1.29. The Balaban J connectivity index is 1.68. The fourth-order valence-electron chi connectivity index (χ4n) is 3.52. The number of aliphatic imine (C=N–C) groups is 1. The van der Waals surface area contributed by atoms with E-state index in [-0.39, 0.29) is 5.66 Å². The molecule has 0 aromatic carbocycles. The molecule has 3 aliphatic heterocycles. The summed E-state index contributed by atoms with van der Waals surface area (Å²) in [5, 5.41) is 6.90. The van der Waals surface area contributed by atoms with Crippen molar-refractivity contribution in [2.75, 3.05) is 20.1 Å². The minimum Gasteiger partial charge on any atom is -0.391 e. The Kier molecular flexibility index (Phi) is 1.79. The van der Waals surface area contributed by atoms with Crippen LogP contribution in [0.5, 0.6) is 0 Å². The minimum absolute atomic E-state index is 0.0110. The molecule has 4 aliphatic rings. The summed E-state index contributed by atoms with van der Waals surface area (Å²) in [6, 6.07) is 0.541. The first-order valence-electron chi connectivity index (χ1n) is 6.50. The standard InChI is InChI=1S/C13H18N4/c1-17-11-10-5-3-7-15-13(10,11)16-12(17)9-4-2-6-14-8-9/h3,5,8,10-11,14-15H,2,4,6-7H2,1H3/t10?,11-,13-/m0/s1. The van der Waals surface area contributed by atoms with Gasteiger partial charge in [0, 0.05) is 37.8 Å². The van der Waals surface area contributed by atoms with Gasteiger partial charge in [-0.1, -0.05) is 12.2 Å². The first kappa shape index (κ1) is 9.71. The summed E-state index contributed by atoms with van der Waals surface area (Å²) in [6.07, 6.45) is 9.06. The molecule has 4 rings (SSSR count). The van der Waals surface area contributed by atoms with Crippen LogP contribution in [0.3, 0.4) is 0 Å². The van der Waals surface area contributed by atoms with E-state index >= 15 is 0 Å². The Labute approximate surface area is 101 Å². The highest BCUT2D eigenvalue weighted by atomic mass is 15.4. The predicted molar refractivity (Wildman–Crippen MR) is 67.7 cm³/mol. The van der Waals surface area contributed by atoms with Crippen molar-refractivity contribution in [3.63, 3.8) is 0 Å². The van der Waals surface area contributed by atoms with Crippen LogP contribution in [0.4, 0.5) is 0 Å². The molecule has 0 aromatic heterocycles. The molecule has 1 aliphatic carbocycles. The van der Waals surface area contributed by atoms with Gasteiger partial charge >= 0.3 is 0 Å². The summed E-state index contributed by atoms with van der Waals surface area (Å²) < 4.78 is 0. The smallest absolute Gasteiger partial charge is 0.142 e. The highest BCUT2D eigenvalue weighted by Gasteiger charge is 2.70. The van der Waals surface area contributed by atoms with Crippen molar-refractivity contribution in [3.8, 4) is 0 Å². The van der Waals surface area contributed by atoms with Gasteiger partial charge in [0.1, 0.15) is 11.5 Å². The highest BCUT2D eigenvalue weighted by Crippen LogP contribution is 2.55. The van der Waals surface area contributed by atoms with Crippen molar-refractivity contribution in [3.05, 3.63) is 23.9 Å². The number of hydrogen-bond acceptors (Lipinski definition) is 4. The molecule has 1 spiro atoms. The largest absolute Gasteiger partial charge is 0.391 e. The number of likely N-dealkylation sites (N-methyl/N-ethyl adjacent to an activating group) is 1. The van der Waals surface area contributed by atoms with E-state index in [1.807, 2.05) is 0 Å². The van der Waals surface area contributed by atoms with Crippen LogP contribution in [-0.4, -0.2) is 42.6 Å². The molecular formula is C13H18N4. The summed E-state index contributed by atoms with van der Waals surface area (Å²) in [6.45, 7) is 2.05. The van der Waals surface area contributed by atoms with E-state index in [1.165, 1.54) is 17.8 Å². The summed E-state index contributed by atoms with van der Waals surface area (Å²) >= 11 is 0. The molecule has 17 heavy (non-hydrogen) atoms. The van der Waals surface area contributed by atoms with E-state index in [0.29, 0.717) is 12.0 Å². The second kappa shape index (κ2) is 3.13. The monoisotopic (exact) mass is 230 g/mol. The van der Waals surface area contributed by atoms with Gasteiger partial charge < -0.3 is 10.2 Å². The third-order valence-corrected chi connectivity index (χ3v) is 4.41. The molecule has 90 valence electrons. The van der Waals surface area contributed by atoms with Crippen LogP contribution in [-0.2, 0) is 0 Å². The maximum absolute atomic E-state index is 4.99. The van der Waals surface area contributed by atoms with Crippen LogP contribution >= 0.6 is 0 Å². The van der Waals surface area contributed by atoms with Gasteiger partial charge in [0.05, 0.1) is 6.04 Å². The van der Waals surface area contributed by atoms with E-state index in [9.17, 15) is 0 Å². The van der Waals surface area contributed by atoms with Crippen molar-refractivity contribution in [2.45, 2.75) is 24.5 Å². The van der Waals surface area contributed by atoms with Crippen LogP contribution in [0.15, 0.2) is 28.9 Å². The molecule has 1 fully saturated rings. The molecule has 0 radical (unpaired) electrons. The summed E-state index contributed by atoms with van der Waals surface area (Å²) in [5.41, 5.74) is 1.38. The van der Waals surface area contributed by atoms with E-state index in [2.05, 4.69) is 40.9 Å². The van der Waals surface area contributed by atoms with Gasteiger partial charge in [-0.3, -0.25) is 5.32 Å². The minimum atomic E-state index is 0.0110. The topological polar surface area (TPSA) is 39.7 Å². The van der Waals surface area contributed by atoms with Gasteiger partial charge in [0.2, 0.25) is 0 Å². The Morgan fingerprint density at radius 2 is 2.47 bits per heavy atom. The van der Waals surface area contributed by atoms with Crippen LogP contribution in [0.25, 0.3) is 0 Å². The average Bonchev–Trinajstić information content (AvgIpc) is 2.96. The lowest BCUT2D eigenvalue weighted by molar-refractivity contribution is 0.453. The first-order chi connectivity index (χ1) is 8.33. The van der Waals surface area contributed by atoms with E-state index in [4.69, 9.17) is 4.99 Å². The molecule has 1 unspecified atom stereocenters. The Morgan fingerprint density at radius 3 is 3.29 bits per heavy atom. The lowest BCUT2D eigenvalue weighted by atomic mass is 10.1. The van der Waals surface area contributed by atoms with Gasteiger partial charge in [-0.05, 0) is 12.8 Å². The quantitative estimate of drug-likeness (QED) is 0.643. The molecule has 3 atom stereocenters. The van der Waals surface area contributed by atoms with E-state index < -0.39 is 0 Å². The van der Waals surface area contributed by atoms with Crippen molar-refractivity contribution in [2.24, 2.45) is 10.9 Å². The van der Waals surface area contributed by atoms with Crippen molar-refractivity contribution in [1.29, 1.82) is 0 Å². The Bertz CT molecular complexity index is 450. The lowest BCUT2D eigenvalue weighted by Crippen LogP contribution is -2.35. The van der Waals surface area contributed by atoms with Crippen LogP contribution in [0.1, 0.15) is 12.8 Å². The molecule has 4 heteroatoms. The molecule has 0 aromatic rings. The summed E-state index contributed by atoms with van der Waals surface area (Å²) in [4.78, 5) is 7.36. The van der Waals surface area contributed by atoms with Gasteiger partial charge in [-0.15, -0.1) is 0 Å². The maximum atomic E-state index is 4.99. The van der Waals surface area contributed by atoms with Gasteiger partial charge in [-0.25, -0.2) is 4.99 Å². The van der Waals surface area contributed by atoms with E-state index in [0.717, 1.165) is 19.5 Å². The number of hydrogen-bond donors (Lipinski definition) is 2. The van der Waals surface area contributed by atoms with Crippen LogP contribution in [0.2, 0.25) is 0 Å². The highest BCUT2D eigenvalue weighted by molar-refractivity contribution is 6.01. The maximum Gasteiger partial charge on any atom is 0.142 e. The molecular weight excluding hydrogens is 212 g/mol. The van der Waals surface area contributed by atoms with Gasteiger partial charge in [0.25, 0.3) is 0 Å². The molecule has 2 N–H and O–H groups in total. The number of fused-ring (bicyclic) bond motifs is 1. The predicted octanol–water partition coefficient (Wildman–Crippen LogP) is 0.452. The molecule has 0 bridgehead atoms. The number of nitrogens with one attached hydrogen (secondary N) is 2. The molecule has 0 amide bonds. The summed E-state index contributed by atoms with van der Waals surface area (Å²) in [7, 11) is 2.18. The Morgan fingerprint density at radius 1 is 1.53 bits per heavy atom. The zero-order valence-electron chi connectivity index (χ0n) is 10.1. The van der Waals surface area contributed by atoms with Crippen LogP contribution < -0.4 is 10.6 Å². The second-order valence-electron chi connectivity index (χ2n) is 5.38. The number of amidine groups is 1. The molecule has 3 heterocycles. The third-order valence-electron chi connectivity index (χ3n) is 4.41. The van der Waals surface area contributed by atoms with Crippen LogP contribution in [0, 0.1) is 5.92 Å². The zero-order chi connectivity index (χ0) is 11.5. The fraction of sp³-hybridized carbons (Fsp3) is 0.615. The number of nitrogens with zero attached hydrogens (tertiary/aromatic N) is 2. The fourth-order valence-corrected chi connectivity index (χ4v) is 3.52. The molecule has 1 saturated carbocycles. The summed E-state index contributed by atoms with van der Waals surface area (Å²) in [5.74, 6) is 1.78. The zero-order valence-corrected chi connectivity index (χ0v) is 10.1. The molecule has 4 nitrogen and oxygen atoms in total. The first-order valence-corrected chi connectivity index (χ1v) is 6.50. The van der Waals surface area contributed by atoms with Crippen molar-refractivity contribution < 1.29 is 0 Å². The number of rotatable bonds is 1. The molecule has 0 saturated heterocycles. The SMILES string of the molecule is CN1C(C2=CNCCC2)=N[C@@]23NCC=CC2[C@H]13. The second-order valence-corrected chi connectivity index (χ2v) is 5.38. The van der Waals surface area contributed by atoms with Gasteiger partial charge in [-0.2, -0.15) is 0 Å². The van der Waals surface area contributed by atoms with E-state index in [1.54, 1.807) is 0 Å². The average molecular weight is 230 g/mol. The van der Waals surface area contributed by atoms with Gasteiger partial charge in [0.15, 0.2) is 0 Å². The normalized spacial score (nSPS) is 42.3. The van der Waals surface area contributed by atoms with Crippen molar-refractivity contribution in [1.82, 2.24) is 15.5 Å². The third kappa shape index (κ3) is 1.14. The lowest BCUT2D eigenvalue weighted by Gasteiger charge is -2.23.